The number of nitro groups is 1. The summed E-state index contributed by atoms with van der Waals surface area (Å²) >= 11 is 12.4. The Labute approximate surface area is 187 Å². The average molecular weight is 545 g/mol. The number of carbonyl (C=O) groups is 1. The lowest BCUT2D eigenvalue weighted by Gasteiger charge is -2.10. The molecule has 11 heteroatoms. The summed E-state index contributed by atoms with van der Waals surface area (Å²) in [6.07, 6.45) is 1.61. The van der Waals surface area contributed by atoms with Crippen LogP contribution in [0.25, 0.3) is 0 Å². The first-order valence-corrected chi connectivity index (χ1v) is 10.1. The van der Waals surface area contributed by atoms with Gasteiger partial charge >= 0.3 is 0 Å². The van der Waals surface area contributed by atoms with Gasteiger partial charge in [0.25, 0.3) is 11.6 Å². The number of hydrogen-bond acceptors (Lipinski definition) is 5. The van der Waals surface area contributed by atoms with Gasteiger partial charge in [-0.2, -0.15) is 5.10 Å². The molecule has 0 bridgehead atoms. The predicted molar refractivity (Wildman–Crippen MR) is 115 cm³/mol. The van der Waals surface area contributed by atoms with Crippen molar-refractivity contribution in [1.29, 1.82) is 0 Å². The SMILES string of the molecule is Cc1cc(Cl)ccc1OCn1ccc(C(=O)Nc2c(Br)cc([N+](=O)[O-])cc2Br)n1. The van der Waals surface area contributed by atoms with Gasteiger partial charge in [0.05, 0.1) is 10.6 Å². The lowest BCUT2D eigenvalue weighted by Crippen LogP contribution is -2.15. The average Bonchev–Trinajstić information content (AvgIpc) is 3.12. The van der Waals surface area contributed by atoms with Crippen molar-refractivity contribution in [3.8, 4) is 5.75 Å². The molecule has 2 aromatic carbocycles. The quantitative estimate of drug-likeness (QED) is 0.323. The minimum Gasteiger partial charge on any atom is -0.471 e. The van der Waals surface area contributed by atoms with Crippen LogP contribution in [-0.2, 0) is 6.73 Å². The van der Waals surface area contributed by atoms with E-state index < -0.39 is 10.8 Å². The Balaban J connectivity index is 1.69. The van der Waals surface area contributed by atoms with E-state index in [2.05, 4.69) is 42.3 Å². The first-order valence-electron chi connectivity index (χ1n) is 8.12. The summed E-state index contributed by atoms with van der Waals surface area (Å²) in [5.41, 5.74) is 1.30. The molecule has 0 saturated heterocycles. The minimum atomic E-state index is -0.523. The molecule has 0 radical (unpaired) electrons. The van der Waals surface area contributed by atoms with E-state index in [0.29, 0.717) is 25.4 Å². The first kappa shape index (κ1) is 21.3. The molecule has 1 N–H and O–H groups in total. The van der Waals surface area contributed by atoms with Crippen LogP contribution in [0.3, 0.4) is 0 Å². The van der Waals surface area contributed by atoms with Crippen LogP contribution in [0.5, 0.6) is 5.75 Å². The number of hydrogen-bond donors (Lipinski definition) is 1. The molecule has 29 heavy (non-hydrogen) atoms. The second-order valence-corrected chi connectivity index (χ2v) is 8.06. The maximum absolute atomic E-state index is 12.5. The van der Waals surface area contributed by atoms with Gasteiger partial charge in [-0.3, -0.25) is 14.9 Å². The molecule has 3 aromatic rings. The first-order chi connectivity index (χ1) is 13.7. The summed E-state index contributed by atoms with van der Waals surface area (Å²) in [7, 11) is 0. The van der Waals surface area contributed by atoms with Crippen molar-refractivity contribution in [2.24, 2.45) is 0 Å². The maximum Gasteiger partial charge on any atom is 0.276 e. The van der Waals surface area contributed by atoms with Crippen LogP contribution in [0.1, 0.15) is 16.1 Å². The number of halogens is 3. The summed E-state index contributed by atoms with van der Waals surface area (Å²) in [5, 5.41) is 18.4. The van der Waals surface area contributed by atoms with Crippen LogP contribution in [0, 0.1) is 17.0 Å². The lowest BCUT2D eigenvalue weighted by atomic mass is 10.2. The molecule has 0 aliphatic heterocycles. The van der Waals surface area contributed by atoms with Crippen molar-refractivity contribution in [1.82, 2.24) is 9.78 Å². The zero-order valence-electron chi connectivity index (χ0n) is 14.9. The van der Waals surface area contributed by atoms with Gasteiger partial charge in [0.2, 0.25) is 0 Å². The van der Waals surface area contributed by atoms with Crippen molar-refractivity contribution < 1.29 is 14.5 Å². The number of ether oxygens (including phenoxy) is 1. The zero-order chi connectivity index (χ0) is 21.1. The molecular weight excluding hydrogens is 531 g/mol. The third-order valence-electron chi connectivity index (χ3n) is 3.84. The Morgan fingerprint density at radius 1 is 1.28 bits per heavy atom. The van der Waals surface area contributed by atoms with Gasteiger partial charge in [-0.05, 0) is 68.6 Å². The predicted octanol–water partition coefficient (Wildman–Crippen LogP) is 5.57. The third-order valence-corrected chi connectivity index (χ3v) is 5.32. The molecule has 3 rings (SSSR count). The van der Waals surface area contributed by atoms with Crippen LogP contribution >= 0.6 is 43.5 Å². The maximum atomic E-state index is 12.5. The monoisotopic (exact) mass is 542 g/mol. The number of aryl methyl sites for hydroxylation is 1. The second-order valence-electron chi connectivity index (χ2n) is 5.92. The number of non-ortho nitro benzene ring substituents is 1. The van der Waals surface area contributed by atoms with Gasteiger partial charge in [0.15, 0.2) is 12.4 Å². The third kappa shape index (κ3) is 5.14. The van der Waals surface area contributed by atoms with Crippen LogP contribution < -0.4 is 10.1 Å². The Morgan fingerprint density at radius 3 is 2.59 bits per heavy atom. The molecule has 8 nitrogen and oxygen atoms in total. The highest BCUT2D eigenvalue weighted by atomic mass is 79.9. The zero-order valence-corrected chi connectivity index (χ0v) is 18.8. The van der Waals surface area contributed by atoms with E-state index >= 15 is 0 Å². The fraction of sp³-hybridized carbons (Fsp3) is 0.111. The van der Waals surface area contributed by atoms with E-state index in [4.69, 9.17) is 16.3 Å². The van der Waals surface area contributed by atoms with E-state index in [9.17, 15) is 14.9 Å². The summed E-state index contributed by atoms with van der Waals surface area (Å²) < 4.78 is 7.91. The lowest BCUT2D eigenvalue weighted by molar-refractivity contribution is -0.385. The highest BCUT2D eigenvalue weighted by Gasteiger charge is 2.18. The second kappa shape index (κ2) is 8.93. The van der Waals surface area contributed by atoms with Crippen molar-refractivity contribution in [2.75, 3.05) is 5.32 Å². The molecule has 1 aromatic heterocycles. The van der Waals surface area contributed by atoms with Crippen LogP contribution in [0.15, 0.2) is 51.5 Å². The number of benzene rings is 2. The van der Waals surface area contributed by atoms with Gasteiger partial charge in [-0.1, -0.05) is 11.6 Å². The van der Waals surface area contributed by atoms with Crippen LogP contribution in [0.2, 0.25) is 5.02 Å². The number of amides is 1. The van der Waals surface area contributed by atoms with E-state index in [-0.39, 0.29) is 18.1 Å². The highest BCUT2D eigenvalue weighted by molar-refractivity contribution is 9.11. The molecule has 0 atom stereocenters. The normalized spacial score (nSPS) is 10.6. The fourth-order valence-electron chi connectivity index (χ4n) is 2.43. The topological polar surface area (TPSA) is 99.3 Å². The summed E-state index contributed by atoms with van der Waals surface area (Å²) in [6.45, 7) is 1.99. The molecule has 0 aliphatic rings. The highest BCUT2D eigenvalue weighted by Crippen LogP contribution is 2.35. The molecule has 0 unspecified atom stereocenters. The molecule has 0 fully saturated rings. The Kier molecular flexibility index (Phi) is 6.56. The number of anilines is 1. The van der Waals surface area contributed by atoms with E-state index in [1.54, 1.807) is 30.5 Å². The standard InChI is InChI=1S/C18H13Br2ClN4O4/c1-10-6-11(21)2-3-16(10)29-9-24-5-4-15(23-24)18(26)22-17-13(19)7-12(25(27)28)8-14(17)20/h2-8H,9H2,1H3,(H,22,26). The van der Waals surface area contributed by atoms with Crippen molar-refractivity contribution in [2.45, 2.75) is 13.7 Å². The Morgan fingerprint density at radius 2 is 1.97 bits per heavy atom. The molecule has 0 spiro atoms. The number of nitrogens with zero attached hydrogens (tertiary/aromatic N) is 3. The molecule has 150 valence electrons. The summed E-state index contributed by atoms with van der Waals surface area (Å²) in [5.74, 6) is 0.191. The van der Waals surface area contributed by atoms with E-state index in [0.717, 1.165) is 5.56 Å². The number of aromatic nitrogens is 2. The van der Waals surface area contributed by atoms with Gasteiger partial charge in [0, 0.05) is 32.3 Å². The molecule has 1 amide bonds. The molecule has 1 heterocycles. The molecule has 0 saturated carbocycles. The van der Waals surface area contributed by atoms with Crippen molar-refractivity contribution in [3.05, 3.63) is 77.9 Å². The molecular formula is C18H13Br2ClN4O4. The van der Waals surface area contributed by atoms with Gasteiger partial charge < -0.3 is 10.1 Å². The largest absolute Gasteiger partial charge is 0.471 e. The fourth-order valence-corrected chi connectivity index (χ4v) is 4.01. The smallest absolute Gasteiger partial charge is 0.276 e. The Bertz CT molecular complexity index is 1080. The van der Waals surface area contributed by atoms with Gasteiger partial charge in [-0.25, -0.2) is 4.68 Å². The van der Waals surface area contributed by atoms with E-state index in [1.807, 2.05) is 6.92 Å². The minimum absolute atomic E-state index is 0.110. The van der Waals surface area contributed by atoms with Crippen molar-refractivity contribution >= 4 is 60.7 Å². The van der Waals surface area contributed by atoms with Crippen molar-refractivity contribution in [3.63, 3.8) is 0 Å². The number of nitro benzene ring substituents is 1. The Hall–Kier alpha value is -2.43. The number of carbonyl (C=O) groups excluding carboxylic acids is 1. The number of rotatable bonds is 6. The summed E-state index contributed by atoms with van der Waals surface area (Å²) in [6, 6.07) is 9.44. The van der Waals surface area contributed by atoms with E-state index in [1.165, 1.54) is 16.8 Å². The van der Waals surface area contributed by atoms with Crippen LogP contribution in [0.4, 0.5) is 11.4 Å². The van der Waals surface area contributed by atoms with Gasteiger partial charge in [-0.15, -0.1) is 0 Å². The molecule has 0 aliphatic carbocycles. The van der Waals surface area contributed by atoms with Gasteiger partial charge in [0.1, 0.15) is 5.75 Å². The summed E-state index contributed by atoms with van der Waals surface area (Å²) in [4.78, 5) is 22.9. The van der Waals surface area contributed by atoms with Crippen LogP contribution in [-0.4, -0.2) is 20.6 Å². The number of nitrogens with one attached hydrogen (secondary N) is 1.